The summed E-state index contributed by atoms with van der Waals surface area (Å²) in [6.07, 6.45) is 0. The van der Waals surface area contributed by atoms with E-state index in [0.717, 1.165) is 7.11 Å². The van der Waals surface area contributed by atoms with Crippen LogP contribution in [0.25, 0.3) is 0 Å². The molecule has 0 amide bonds. The molecule has 0 atom stereocenters. The molecule has 0 aromatic heterocycles. The van der Waals surface area contributed by atoms with Crippen LogP contribution in [0, 0.1) is 14.9 Å². The van der Waals surface area contributed by atoms with E-state index in [1.165, 1.54) is 12.1 Å². The molecular weight excluding hydrogens is 382 g/mol. The van der Waals surface area contributed by atoms with Crippen molar-refractivity contribution in [1.29, 1.82) is 5.26 Å². The Morgan fingerprint density at radius 3 is 2.56 bits per heavy atom. The molecule has 3 nitrogen and oxygen atoms in total. The van der Waals surface area contributed by atoms with Gasteiger partial charge in [0, 0.05) is 8.47 Å². The predicted molar refractivity (Wildman–Crippen MR) is 67.1 cm³/mol. The van der Waals surface area contributed by atoms with Crippen LogP contribution in [0.1, 0.15) is 15.9 Å². The van der Waals surface area contributed by atoms with Crippen LogP contribution in [0.15, 0.2) is 17.0 Å². The van der Waals surface area contributed by atoms with Crippen LogP contribution in [0.5, 0.6) is 0 Å². The minimum absolute atomic E-state index is 0.204. The second-order valence-electron chi connectivity index (χ2n) is 2.98. The largest absolute Gasteiger partial charge is 0.465 e. The molecular formula is C10H5F3INO2S. The van der Waals surface area contributed by atoms with Gasteiger partial charge in [-0.25, -0.2) is 4.79 Å². The number of rotatable bonds is 2. The lowest BCUT2D eigenvalue weighted by Gasteiger charge is -2.12. The maximum Gasteiger partial charge on any atom is 0.446 e. The van der Waals surface area contributed by atoms with E-state index < -0.39 is 28.1 Å². The summed E-state index contributed by atoms with van der Waals surface area (Å²) in [4.78, 5) is 11.0. The van der Waals surface area contributed by atoms with Gasteiger partial charge in [-0.1, -0.05) is 0 Å². The zero-order valence-corrected chi connectivity index (χ0v) is 11.8. The average molecular weight is 387 g/mol. The van der Waals surface area contributed by atoms with Crippen molar-refractivity contribution >= 4 is 40.3 Å². The van der Waals surface area contributed by atoms with Crippen LogP contribution in [0.2, 0.25) is 0 Å². The van der Waals surface area contributed by atoms with Crippen LogP contribution >= 0.6 is 34.4 Å². The number of methoxy groups -OCH3 is 1. The molecule has 0 saturated heterocycles. The third kappa shape index (κ3) is 3.78. The molecule has 0 N–H and O–H groups in total. The highest BCUT2D eigenvalue weighted by Crippen LogP contribution is 2.41. The molecule has 0 aliphatic heterocycles. The van der Waals surface area contributed by atoms with E-state index in [2.05, 4.69) is 4.74 Å². The number of ether oxygens (including phenoxy) is 1. The molecule has 0 spiro atoms. The summed E-state index contributed by atoms with van der Waals surface area (Å²) in [6.45, 7) is 0. The Morgan fingerprint density at radius 2 is 2.11 bits per heavy atom. The predicted octanol–water partition coefficient (Wildman–Crippen LogP) is 3.56. The Kier molecular flexibility index (Phi) is 4.86. The maximum atomic E-state index is 12.4. The highest BCUT2D eigenvalue weighted by atomic mass is 127. The van der Waals surface area contributed by atoms with E-state index in [1.54, 1.807) is 6.07 Å². The van der Waals surface area contributed by atoms with Gasteiger partial charge in [0.15, 0.2) is 0 Å². The first-order valence-electron chi connectivity index (χ1n) is 4.36. The first-order chi connectivity index (χ1) is 8.28. The van der Waals surface area contributed by atoms with E-state index in [0.29, 0.717) is 3.57 Å². The minimum Gasteiger partial charge on any atom is -0.465 e. The third-order valence-electron chi connectivity index (χ3n) is 1.80. The lowest BCUT2D eigenvalue weighted by atomic mass is 10.1. The van der Waals surface area contributed by atoms with Crippen LogP contribution in [0.3, 0.4) is 0 Å². The lowest BCUT2D eigenvalue weighted by molar-refractivity contribution is -0.0328. The van der Waals surface area contributed by atoms with Gasteiger partial charge in [-0.2, -0.15) is 18.4 Å². The number of esters is 1. The second kappa shape index (κ2) is 5.79. The zero-order chi connectivity index (χ0) is 13.9. The van der Waals surface area contributed by atoms with Gasteiger partial charge >= 0.3 is 11.5 Å². The Balaban J connectivity index is 3.44. The molecule has 0 saturated carbocycles. The Labute approximate surface area is 118 Å². The molecule has 0 fully saturated rings. The highest BCUT2D eigenvalue weighted by Gasteiger charge is 2.33. The number of alkyl halides is 3. The number of nitriles is 1. The van der Waals surface area contributed by atoms with Crippen LogP contribution in [0.4, 0.5) is 13.2 Å². The summed E-state index contributed by atoms with van der Waals surface area (Å²) in [7, 11) is 1.07. The van der Waals surface area contributed by atoms with E-state index in [1.807, 2.05) is 22.6 Å². The fourth-order valence-corrected chi connectivity index (χ4v) is 2.48. The molecule has 18 heavy (non-hydrogen) atoms. The number of halogens is 4. The second-order valence-corrected chi connectivity index (χ2v) is 5.30. The van der Waals surface area contributed by atoms with E-state index in [-0.39, 0.29) is 11.1 Å². The number of carbonyl (C=O) groups excluding carboxylic acids is 1. The van der Waals surface area contributed by atoms with Crippen molar-refractivity contribution in [3.63, 3.8) is 0 Å². The summed E-state index contributed by atoms with van der Waals surface area (Å²) in [5.41, 5.74) is -5.05. The van der Waals surface area contributed by atoms with Gasteiger partial charge in [0.2, 0.25) is 0 Å². The van der Waals surface area contributed by atoms with Gasteiger partial charge < -0.3 is 4.74 Å². The van der Waals surface area contributed by atoms with Gasteiger partial charge in [0.25, 0.3) is 0 Å². The normalized spacial score (nSPS) is 10.9. The summed E-state index contributed by atoms with van der Waals surface area (Å²) < 4.78 is 42.1. The van der Waals surface area contributed by atoms with Crippen molar-refractivity contribution in [1.82, 2.24) is 0 Å². The summed E-state index contributed by atoms with van der Waals surface area (Å²) in [5.74, 6) is -0.906. The highest BCUT2D eigenvalue weighted by molar-refractivity contribution is 14.1. The molecule has 0 aliphatic carbocycles. The Hall–Kier alpha value is -0.950. The number of hydrogen-bond donors (Lipinski definition) is 0. The Bertz CT molecular complexity index is 525. The first-order valence-corrected chi connectivity index (χ1v) is 6.25. The Morgan fingerprint density at radius 1 is 1.50 bits per heavy atom. The van der Waals surface area contributed by atoms with Crippen LogP contribution < -0.4 is 0 Å². The van der Waals surface area contributed by atoms with E-state index in [9.17, 15) is 18.0 Å². The van der Waals surface area contributed by atoms with Gasteiger partial charge in [0.05, 0.1) is 18.2 Å². The molecule has 0 bridgehead atoms. The summed E-state index contributed by atoms with van der Waals surface area (Å²) >= 11 is 1.31. The average Bonchev–Trinajstić information content (AvgIpc) is 2.28. The van der Waals surface area contributed by atoms with Crippen molar-refractivity contribution in [3.8, 4) is 6.07 Å². The molecule has 0 unspecified atom stereocenters. The molecule has 0 aliphatic rings. The molecule has 8 heteroatoms. The fourth-order valence-electron chi connectivity index (χ4n) is 1.16. The topological polar surface area (TPSA) is 50.1 Å². The van der Waals surface area contributed by atoms with Crippen LogP contribution in [-0.2, 0) is 4.74 Å². The van der Waals surface area contributed by atoms with Crippen molar-refractivity contribution in [3.05, 3.63) is 26.8 Å². The molecule has 1 rings (SSSR count). The fraction of sp³-hybridized carbons (Fsp3) is 0.200. The summed E-state index contributed by atoms with van der Waals surface area (Å²) in [6, 6.07) is 4.18. The zero-order valence-electron chi connectivity index (χ0n) is 8.84. The number of carbonyl (C=O) groups is 1. The molecule has 1 aromatic rings. The SMILES string of the molecule is COC(=O)c1cc(I)cc(C#N)c1SC(F)(F)F. The number of nitrogens with zero attached hydrogens (tertiary/aromatic N) is 1. The number of thioether (sulfide) groups is 1. The van der Waals surface area contributed by atoms with Crippen molar-refractivity contribution in [2.24, 2.45) is 0 Å². The third-order valence-corrected chi connectivity index (χ3v) is 3.30. The van der Waals surface area contributed by atoms with Gasteiger partial charge in [-0.15, -0.1) is 0 Å². The van der Waals surface area contributed by atoms with Crippen molar-refractivity contribution in [2.75, 3.05) is 7.11 Å². The maximum absolute atomic E-state index is 12.4. The molecule has 0 radical (unpaired) electrons. The molecule has 0 heterocycles. The van der Waals surface area contributed by atoms with Crippen molar-refractivity contribution in [2.45, 2.75) is 10.4 Å². The number of benzene rings is 1. The van der Waals surface area contributed by atoms with E-state index >= 15 is 0 Å². The molecule has 96 valence electrons. The smallest absolute Gasteiger partial charge is 0.446 e. The number of hydrogen-bond acceptors (Lipinski definition) is 4. The standard InChI is InChI=1S/C10H5F3INO2S/c1-17-9(16)7-3-6(14)2-5(4-15)8(7)18-10(11,12)13/h2-3H,1H3. The van der Waals surface area contributed by atoms with Crippen LogP contribution in [-0.4, -0.2) is 18.6 Å². The monoisotopic (exact) mass is 387 g/mol. The quantitative estimate of drug-likeness (QED) is 0.443. The lowest BCUT2D eigenvalue weighted by Crippen LogP contribution is -2.09. The van der Waals surface area contributed by atoms with Crippen molar-refractivity contribution < 1.29 is 22.7 Å². The molecule has 1 aromatic carbocycles. The van der Waals surface area contributed by atoms with Gasteiger partial charge in [-0.3, -0.25) is 0 Å². The van der Waals surface area contributed by atoms with E-state index in [4.69, 9.17) is 5.26 Å². The minimum atomic E-state index is -4.58. The van der Waals surface area contributed by atoms with Gasteiger partial charge in [-0.05, 0) is 46.5 Å². The van der Waals surface area contributed by atoms with Gasteiger partial charge in [0.1, 0.15) is 6.07 Å². The first kappa shape index (κ1) is 15.1. The summed E-state index contributed by atoms with van der Waals surface area (Å²) in [5, 5.41) is 8.83.